The van der Waals surface area contributed by atoms with E-state index in [1.807, 2.05) is 6.92 Å². The van der Waals surface area contributed by atoms with Gasteiger partial charge in [-0.05, 0) is 13.3 Å². The fourth-order valence-electron chi connectivity index (χ4n) is 0.781. The summed E-state index contributed by atoms with van der Waals surface area (Å²) in [7, 11) is 0. The van der Waals surface area contributed by atoms with Crippen LogP contribution >= 0.6 is 0 Å². The monoisotopic (exact) mass is 152 g/mol. The molecule has 0 saturated heterocycles. The van der Waals surface area contributed by atoms with Gasteiger partial charge in [0.15, 0.2) is 0 Å². The van der Waals surface area contributed by atoms with Gasteiger partial charge in [0.25, 0.3) is 0 Å². The van der Waals surface area contributed by atoms with Crippen LogP contribution in [0.15, 0.2) is 15.7 Å². The number of carbonyl (C=O) groups excluding carboxylic acids is 1. The van der Waals surface area contributed by atoms with Crippen molar-refractivity contribution >= 4 is 6.08 Å². The summed E-state index contributed by atoms with van der Waals surface area (Å²) in [6, 6.07) is 0. The molecule has 0 fully saturated rings. The maximum Gasteiger partial charge on any atom is 0.234 e. The van der Waals surface area contributed by atoms with Gasteiger partial charge >= 0.3 is 0 Å². The number of hydrogen-bond donors (Lipinski definition) is 0. The molecule has 1 aromatic rings. The van der Waals surface area contributed by atoms with E-state index in [4.69, 9.17) is 4.52 Å². The van der Waals surface area contributed by atoms with Gasteiger partial charge < -0.3 is 4.52 Å². The number of aryl methyl sites for hydroxylation is 1. The van der Waals surface area contributed by atoms with E-state index >= 15 is 0 Å². The smallest absolute Gasteiger partial charge is 0.234 e. The van der Waals surface area contributed by atoms with Crippen LogP contribution in [0.25, 0.3) is 0 Å². The Labute approximate surface area is 63.9 Å². The summed E-state index contributed by atoms with van der Waals surface area (Å²) in [4.78, 5) is 13.1. The third-order valence-corrected chi connectivity index (χ3v) is 1.41. The number of aliphatic imine (C=N–C) groups is 1. The summed E-state index contributed by atoms with van der Waals surface area (Å²) in [5.74, 6) is 0.783. The van der Waals surface area contributed by atoms with Crippen molar-refractivity contribution in [3.8, 4) is 0 Å². The molecule has 1 aromatic heterocycles. The quantitative estimate of drug-likeness (QED) is 0.476. The second kappa shape index (κ2) is 3.68. The Kier molecular flexibility index (Phi) is 2.58. The van der Waals surface area contributed by atoms with Crippen LogP contribution in [0.3, 0.4) is 0 Å². The Balaban J connectivity index is 2.50. The van der Waals surface area contributed by atoms with Crippen LogP contribution in [-0.4, -0.2) is 17.8 Å². The summed E-state index contributed by atoms with van der Waals surface area (Å²) in [5, 5.41) is 3.59. The zero-order chi connectivity index (χ0) is 8.10. The predicted octanol–water partition coefficient (Wildman–Crippen LogP) is 0.861. The zero-order valence-electron chi connectivity index (χ0n) is 6.20. The van der Waals surface area contributed by atoms with Crippen LogP contribution in [0.4, 0.5) is 0 Å². The molecule has 0 bridgehead atoms. The molecule has 0 aliphatic carbocycles. The molecule has 0 spiro atoms. The largest absolute Gasteiger partial charge is 0.361 e. The highest BCUT2D eigenvalue weighted by Crippen LogP contribution is 2.05. The van der Waals surface area contributed by atoms with Gasteiger partial charge in [0.2, 0.25) is 6.08 Å². The number of aromatic nitrogens is 1. The first kappa shape index (κ1) is 7.69. The first-order chi connectivity index (χ1) is 5.34. The van der Waals surface area contributed by atoms with E-state index in [0.29, 0.717) is 13.0 Å². The molecule has 0 unspecified atom stereocenters. The van der Waals surface area contributed by atoms with Crippen molar-refractivity contribution in [2.75, 3.05) is 6.54 Å². The molecule has 0 N–H and O–H groups in total. The lowest BCUT2D eigenvalue weighted by atomic mass is 10.2. The molecule has 1 heterocycles. The molecule has 58 valence electrons. The normalized spacial score (nSPS) is 9.18. The minimum Gasteiger partial charge on any atom is -0.361 e. The van der Waals surface area contributed by atoms with Gasteiger partial charge in [0.05, 0.1) is 12.7 Å². The zero-order valence-corrected chi connectivity index (χ0v) is 6.20. The van der Waals surface area contributed by atoms with Gasteiger partial charge in [-0.15, -0.1) is 0 Å². The average Bonchev–Trinajstić information content (AvgIpc) is 2.37. The van der Waals surface area contributed by atoms with E-state index in [9.17, 15) is 4.79 Å². The van der Waals surface area contributed by atoms with Crippen molar-refractivity contribution in [3.05, 3.63) is 17.5 Å². The lowest BCUT2D eigenvalue weighted by Crippen LogP contribution is -1.88. The van der Waals surface area contributed by atoms with Crippen molar-refractivity contribution in [3.63, 3.8) is 0 Å². The SMILES string of the molecule is Cc1oncc1CCN=C=O. The maximum atomic E-state index is 9.69. The van der Waals surface area contributed by atoms with Crippen LogP contribution in [0.1, 0.15) is 11.3 Å². The molecule has 0 amide bonds. The lowest BCUT2D eigenvalue weighted by molar-refractivity contribution is 0.396. The van der Waals surface area contributed by atoms with Crippen LogP contribution in [-0.2, 0) is 11.2 Å². The number of nitrogens with zero attached hydrogens (tertiary/aromatic N) is 2. The number of rotatable bonds is 3. The molecule has 1 rings (SSSR count). The first-order valence-corrected chi connectivity index (χ1v) is 3.28. The summed E-state index contributed by atoms with van der Waals surface area (Å²) in [5.41, 5.74) is 0.990. The van der Waals surface area contributed by atoms with E-state index in [-0.39, 0.29) is 0 Å². The third-order valence-electron chi connectivity index (χ3n) is 1.41. The van der Waals surface area contributed by atoms with E-state index in [0.717, 1.165) is 11.3 Å². The van der Waals surface area contributed by atoms with Gasteiger partial charge in [-0.1, -0.05) is 5.16 Å². The fourth-order valence-corrected chi connectivity index (χ4v) is 0.781. The van der Waals surface area contributed by atoms with Crippen molar-refractivity contribution in [2.45, 2.75) is 13.3 Å². The minimum atomic E-state index is 0.450. The van der Waals surface area contributed by atoms with Crippen LogP contribution < -0.4 is 0 Å². The second-order valence-electron chi connectivity index (χ2n) is 2.13. The van der Waals surface area contributed by atoms with Gasteiger partial charge in [-0.3, -0.25) is 0 Å². The average molecular weight is 152 g/mol. The standard InChI is InChI=1S/C7H8N2O2/c1-6-7(4-9-11-6)2-3-8-5-10/h4H,2-3H2,1H3. The molecule has 4 heteroatoms. The van der Waals surface area contributed by atoms with Crippen LogP contribution in [0.2, 0.25) is 0 Å². The fraction of sp³-hybridized carbons (Fsp3) is 0.429. The lowest BCUT2D eigenvalue weighted by Gasteiger charge is -1.89. The highest BCUT2D eigenvalue weighted by atomic mass is 16.5. The van der Waals surface area contributed by atoms with E-state index in [1.54, 1.807) is 6.20 Å². The highest BCUT2D eigenvalue weighted by molar-refractivity contribution is 5.33. The van der Waals surface area contributed by atoms with Gasteiger partial charge in [0.1, 0.15) is 5.76 Å². The molecule has 4 nitrogen and oxygen atoms in total. The van der Waals surface area contributed by atoms with Crippen molar-refractivity contribution < 1.29 is 9.32 Å². The summed E-state index contributed by atoms with van der Waals surface area (Å²) < 4.78 is 4.80. The van der Waals surface area contributed by atoms with Crippen molar-refractivity contribution in [1.82, 2.24) is 5.16 Å². The topological polar surface area (TPSA) is 55.5 Å². The molecule has 0 aliphatic rings. The third kappa shape index (κ3) is 2.02. The van der Waals surface area contributed by atoms with E-state index in [2.05, 4.69) is 10.1 Å². The molecule has 0 radical (unpaired) electrons. The van der Waals surface area contributed by atoms with Gasteiger partial charge in [0, 0.05) is 5.56 Å². The van der Waals surface area contributed by atoms with Gasteiger partial charge in [-0.25, -0.2) is 9.79 Å². The van der Waals surface area contributed by atoms with Crippen molar-refractivity contribution in [1.29, 1.82) is 0 Å². The molecule has 11 heavy (non-hydrogen) atoms. The second-order valence-corrected chi connectivity index (χ2v) is 2.13. The summed E-state index contributed by atoms with van der Waals surface area (Å²) in [6.45, 7) is 2.28. The Morgan fingerprint density at radius 1 is 1.82 bits per heavy atom. The molecule has 0 aromatic carbocycles. The minimum absolute atomic E-state index is 0.450. The molecular formula is C7H8N2O2. The van der Waals surface area contributed by atoms with Crippen molar-refractivity contribution in [2.24, 2.45) is 4.99 Å². The summed E-state index contributed by atoms with van der Waals surface area (Å²) >= 11 is 0. The number of hydrogen-bond acceptors (Lipinski definition) is 4. The van der Waals surface area contributed by atoms with E-state index in [1.165, 1.54) is 6.08 Å². The Morgan fingerprint density at radius 3 is 3.18 bits per heavy atom. The van der Waals surface area contributed by atoms with Crippen LogP contribution in [0.5, 0.6) is 0 Å². The van der Waals surface area contributed by atoms with E-state index < -0.39 is 0 Å². The summed E-state index contributed by atoms with van der Waals surface area (Å²) in [6.07, 6.45) is 3.79. The molecule has 0 atom stereocenters. The van der Waals surface area contributed by atoms with Crippen LogP contribution in [0, 0.1) is 6.92 Å². The molecule has 0 aliphatic heterocycles. The molecule has 0 saturated carbocycles. The Bertz CT molecular complexity index is 274. The number of isocyanates is 1. The predicted molar refractivity (Wildman–Crippen MR) is 37.9 cm³/mol. The maximum absolute atomic E-state index is 9.69. The highest BCUT2D eigenvalue weighted by Gasteiger charge is 2.00. The Hall–Kier alpha value is -1.41. The first-order valence-electron chi connectivity index (χ1n) is 3.28. The van der Waals surface area contributed by atoms with Gasteiger partial charge in [-0.2, -0.15) is 0 Å². The Morgan fingerprint density at radius 2 is 2.64 bits per heavy atom. The molecular weight excluding hydrogens is 144 g/mol.